The van der Waals surface area contributed by atoms with E-state index < -0.39 is 35.1 Å². The SMILES string of the molecule is NC(=O)c1ccccc1CCCN1CC2CN(C(=O)c3cnn(-c4ccc(F)cc4)c3C(F)(F)F)C[C@@H]2C1. The normalized spacial score (nSPS) is 19.6. The lowest BCUT2D eigenvalue weighted by Crippen LogP contribution is -2.34. The smallest absolute Gasteiger partial charge is 0.366 e. The lowest BCUT2D eigenvalue weighted by atomic mass is 10.0. The highest BCUT2D eigenvalue weighted by atomic mass is 19.4. The zero-order valence-electron chi connectivity index (χ0n) is 20.5. The molecule has 3 heterocycles. The Balaban J connectivity index is 1.21. The standard InChI is InChI=1S/C27H27F4N5O2/c28-20-7-9-21(10-8-20)36-24(27(29,30)31)23(12-33-36)26(38)35-15-18-13-34(14-19(18)16-35)11-3-5-17-4-1-2-6-22(17)25(32)37/h1-2,4,6-10,12,18-19H,3,5,11,13-16H2,(H2,32,37)/t18-,19?/m0/s1. The van der Waals surface area contributed by atoms with E-state index in [2.05, 4.69) is 10.00 Å². The van der Waals surface area contributed by atoms with E-state index in [-0.39, 0.29) is 17.5 Å². The van der Waals surface area contributed by atoms with Gasteiger partial charge in [-0.1, -0.05) is 18.2 Å². The van der Waals surface area contributed by atoms with Crippen molar-refractivity contribution in [3.05, 3.63) is 82.9 Å². The molecule has 7 nitrogen and oxygen atoms in total. The number of nitrogens with zero attached hydrogens (tertiary/aromatic N) is 4. The highest BCUT2D eigenvalue weighted by molar-refractivity contribution is 5.96. The third-order valence-electron chi connectivity index (χ3n) is 7.39. The molecule has 1 unspecified atom stereocenters. The fourth-order valence-electron chi connectivity index (χ4n) is 5.64. The van der Waals surface area contributed by atoms with Crippen LogP contribution >= 0.6 is 0 Å². The number of carbonyl (C=O) groups is 2. The van der Waals surface area contributed by atoms with E-state index in [1.54, 1.807) is 12.1 Å². The van der Waals surface area contributed by atoms with Gasteiger partial charge in [0.05, 0.1) is 17.4 Å². The van der Waals surface area contributed by atoms with Gasteiger partial charge < -0.3 is 15.5 Å². The molecule has 2 aromatic carbocycles. The van der Waals surface area contributed by atoms with E-state index in [1.165, 1.54) is 17.0 Å². The van der Waals surface area contributed by atoms with E-state index in [0.29, 0.717) is 29.8 Å². The number of aryl methyl sites for hydroxylation is 1. The van der Waals surface area contributed by atoms with Gasteiger partial charge in [0.15, 0.2) is 5.69 Å². The summed E-state index contributed by atoms with van der Waals surface area (Å²) in [4.78, 5) is 28.6. The van der Waals surface area contributed by atoms with Gasteiger partial charge in [-0.3, -0.25) is 9.59 Å². The van der Waals surface area contributed by atoms with E-state index in [4.69, 9.17) is 5.73 Å². The molecule has 3 aromatic rings. The zero-order chi connectivity index (χ0) is 27.0. The summed E-state index contributed by atoms with van der Waals surface area (Å²) in [6.45, 7) is 3.09. The maximum Gasteiger partial charge on any atom is 0.434 e. The second kappa shape index (κ2) is 10.2. The molecule has 2 aliphatic rings. The van der Waals surface area contributed by atoms with Crippen LogP contribution in [0.2, 0.25) is 0 Å². The Morgan fingerprint density at radius 1 is 0.947 bits per heavy atom. The molecule has 1 aromatic heterocycles. The van der Waals surface area contributed by atoms with Crippen LogP contribution in [0, 0.1) is 17.7 Å². The van der Waals surface area contributed by atoms with Crippen molar-refractivity contribution in [3.63, 3.8) is 0 Å². The molecule has 200 valence electrons. The minimum absolute atomic E-state index is 0.0187. The number of benzene rings is 2. The molecular formula is C27H27F4N5O2. The van der Waals surface area contributed by atoms with Crippen LogP contribution in [-0.4, -0.2) is 64.1 Å². The van der Waals surface area contributed by atoms with Crippen LogP contribution in [0.25, 0.3) is 5.69 Å². The molecule has 0 spiro atoms. The molecule has 0 saturated carbocycles. The van der Waals surface area contributed by atoms with Crippen LogP contribution in [-0.2, 0) is 12.6 Å². The lowest BCUT2D eigenvalue weighted by Gasteiger charge is -2.22. The van der Waals surface area contributed by atoms with Crippen molar-refractivity contribution in [2.24, 2.45) is 17.6 Å². The van der Waals surface area contributed by atoms with Crippen LogP contribution in [0.1, 0.15) is 38.4 Å². The monoisotopic (exact) mass is 529 g/mol. The zero-order valence-corrected chi connectivity index (χ0v) is 20.5. The fourth-order valence-corrected chi connectivity index (χ4v) is 5.64. The molecule has 0 bridgehead atoms. The molecular weight excluding hydrogens is 502 g/mol. The number of alkyl halides is 3. The summed E-state index contributed by atoms with van der Waals surface area (Å²) in [6.07, 6.45) is -2.33. The molecule has 2 amide bonds. The van der Waals surface area contributed by atoms with E-state index in [9.17, 15) is 27.2 Å². The van der Waals surface area contributed by atoms with Gasteiger partial charge in [0.25, 0.3) is 5.91 Å². The predicted octanol–water partition coefficient (Wildman–Crippen LogP) is 3.77. The van der Waals surface area contributed by atoms with Crippen LogP contribution in [0.4, 0.5) is 17.6 Å². The van der Waals surface area contributed by atoms with Crippen LogP contribution in [0.5, 0.6) is 0 Å². The largest absolute Gasteiger partial charge is 0.434 e. The third-order valence-corrected chi connectivity index (χ3v) is 7.39. The highest BCUT2D eigenvalue weighted by Crippen LogP contribution is 2.37. The van der Waals surface area contributed by atoms with Crippen molar-refractivity contribution in [2.75, 3.05) is 32.7 Å². The molecule has 2 aliphatic heterocycles. The van der Waals surface area contributed by atoms with Gasteiger partial charge >= 0.3 is 6.18 Å². The average Bonchev–Trinajstić information content (AvgIpc) is 3.57. The number of rotatable bonds is 7. The number of carbonyl (C=O) groups excluding carboxylic acids is 2. The van der Waals surface area contributed by atoms with Crippen LogP contribution in [0.3, 0.4) is 0 Å². The second-order valence-electron chi connectivity index (χ2n) is 9.91. The van der Waals surface area contributed by atoms with Gasteiger partial charge in [0.2, 0.25) is 5.91 Å². The number of primary amides is 1. The van der Waals surface area contributed by atoms with Gasteiger partial charge in [-0.25, -0.2) is 9.07 Å². The molecule has 2 saturated heterocycles. The molecule has 38 heavy (non-hydrogen) atoms. The summed E-state index contributed by atoms with van der Waals surface area (Å²) in [7, 11) is 0. The molecule has 11 heteroatoms. The average molecular weight is 530 g/mol. The Kier molecular flexibility index (Phi) is 6.95. The van der Waals surface area contributed by atoms with Gasteiger partial charge in [0.1, 0.15) is 5.82 Å². The number of aromatic nitrogens is 2. The molecule has 0 aliphatic carbocycles. The highest BCUT2D eigenvalue weighted by Gasteiger charge is 2.45. The Morgan fingerprint density at radius 3 is 2.24 bits per heavy atom. The third kappa shape index (κ3) is 5.15. The number of nitrogens with two attached hydrogens (primary N) is 1. The first-order valence-electron chi connectivity index (χ1n) is 12.4. The summed E-state index contributed by atoms with van der Waals surface area (Å²) in [5.74, 6) is -1.37. The minimum atomic E-state index is -4.82. The number of fused-ring (bicyclic) bond motifs is 1. The number of halogens is 4. The first-order chi connectivity index (χ1) is 18.1. The van der Waals surface area contributed by atoms with Crippen molar-refractivity contribution >= 4 is 11.8 Å². The second-order valence-corrected chi connectivity index (χ2v) is 9.91. The van der Waals surface area contributed by atoms with E-state index >= 15 is 0 Å². The Morgan fingerprint density at radius 2 is 1.61 bits per heavy atom. The summed E-state index contributed by atoms with van der Waals surface area (Å²) in [5.41, 5.74) is 5.25. The van der Waals surface area contributed by atoms with Crippen molar-refractivity contribution in [2.45, 2.75) is 19.0 Å². The van der Waals surface area contributed by atoms with Crippen molar-refractivity contribution in [1.29, 1.82) is 0 Å². The predicted molar refractivity (Wildman–Crippen MR) is 131 cm³/mol. The van der Waals surface area contributed by atoms with Crippen LogP contribution in [0.15, 0.2) is 54.7 Å². The first kappa shape index (κ1) is 25.9. The Hall–Kier alpha value is -3.73. The molecule has 5 rings (SSSR count). The van der Waals surface area contributed by atoms with E-state index in [0.717, 1.165) is 49.9 Å². The minimum Gasteiger partial charge on any atom is -0.366 e. The Labute approximate surface area is 216 Å². The number of hydrogen-bond acceptors (Lipinski definition) is 4. The Bertz CT molecular complexity index is 1320. The number of amides is 2. The molecule has 0 radical (unpaired) electrons. The summed E-state index contributed by atoms with van der Waals surface area (Å²) in [5, 5.41) is 3.82. The topological polar surface area (TPSA) is 84.5 Å². The lowest BCUT2D eigenvalue weighted by molar-refractivity contribution is -0.143. The first-order valence-corrected chi connectivity index (χ1v) is 12.4. The molecule has 2 fully saturated rings. The van der Waals surface area contributed by atoms with Gasteiger partial charge in [-0.05, 0) is 67.1 Å². The number of hydrogen-bond donors (Lipinski definition) is 1. The summed E-state index contributed by atoms with van der Waals surface area (Å²) in [6, 6.07) is 11.7. The molecule has 2 N–H and O–H groups in total. The molecule has 2 atom stereocenters. The summed E-state index contributed by atoms with van der Waals surface area (Å²) < 4.78 is 55.9. The quantitative estimate of drug-likeness (QED) is 0.473. The van der Waals surface area contributed by atoms with E-state index in [1.807, 2.05) is 12.1 Å². The van der Waals surface area contributed by atoms with Crippen molar-refractivity contribution < 1.29 is 27.2 Å². The van der Waals surface area contributed by atoms with Crippen LogP contribution < -0.4 is 5.73 Å². The van der Waals surface area contributed by atoms with Crippen molar-refractivity contribution in [3.8, 4) is 5.69 Å². The van der Waals surface area contributed by atoms with Gasteiger partial charge in [0, 0.05) is 31.7 Å². The van der Waals surface area contributed by atoms with Gasteiger partial charge in [-0.2, -0.15) is 18.3 Å². The maximum absolute atomic E-state index is 14.0. The summed E-state index contributed by atoms with van der Waals surface area (Å²) >= 11 is 0. The maximum atomic E-state index is 14.0. The van der Waals surface area contributed by atoms with Crippen molar-refractivity contribution in [1.82, 2.24) is 19.6 Å². The van der Waals surface area contributed by atoms with Gasteiger partial charge in [-0.15, -0.1) is 0 Å². The number of likely N-dealkylation sites (tertiary alicyclic amines) is 2. The fraction of sp³-hybridized carbons (Fsp3) is 0.370.